The number of benzene rings is 1. The SMILES string of the molecule is CC(C)C(CN)N(C)c1ccccc1. The van der Waals surface area contributed by atoms with Crippen molar-refractivity contribution in [1.29, 1.82) is 0 Å². The molecule has 0 heterocycles. The number of likely N-dealkylation sites (N-methyl/N-ethyl adjacent to an activating group) is 1. The first-order chi connectivity index (χ1) is 6.66. The Hall–Kier alpha value is -1.02. The lowest BCUT2D eigenvalue weighted by Gasteiger charge is -2.32. The van der Waals surface area contributed by atoms with Gasteiger partial charge >= 0.3 is 0 Å². The number of rotatable bonds is 4. The monoisotopic (exact) mass is 192 g/mol. The molecule has 1 rings (SSSR count). The first-order valence-corrected chi connectivity index (χ1v) is 5.14. The second-order valence-electron chi connectivity index (χ2n) is 3.99. The molecule has 0 aliphatic carbocycles. The number of nitrogens with two attached hydrogens (primary N) is 1. The molecule has 0 saturated carbocycles. The van der Waals surface area contributed by atoms with Crippen LogP contribution in [0.4, 0.5) is 5.69 Å². The molecule has 0 bridgehead atoms. The van der Waals surface area contributed by atoms with Crippen LogP contribution in [-0.4, -0.2) is 19.6 Å². The predicted octanol–water partition coefficient (Wildman–Crippen LogP) is 2.11. The maximum absolute atomic E-state index is 5.77. The van der Waals surface area contributed by atoms with Crippen LogP contribution in [0, 0.1) is 5.92 Å². The van der Waals surface area contributed by atoms with Crippen molar-refractivity contribution in [2.75, 3.05) is 18.5 Å². The van der Waals surface area contributed by atoms with Crippen LogP contribution in [0.15, 0.2) is 30.3 Å². The Kier molecular flexibility index (Phi) is 3.96. The normalized spacial score (nSPS) is 12.9. The Morgan fingerprint density at radius 1 is 1.21 bits per heavy atom. The second kappa shape index (κ2) is 5.01. The summed E-state index contributed by atoms with van der Waals surface area (Å²) in [5, 5.41) is 0. The highest BCUT2D eigenvalue weighted by Gasteiger charge is 2.16. The van der Waals surface area contributed by atoms with Crippen molar-refractivity contribution in [2.24, 2.45) is 11.7 Å². The van der Waals surface area contributed by atoms with E-state index in [0.717, 1.165) is 0 Å². The number of para-hydroxylation sites is 1. The van der Waals surface area contributed by atoms with Crippen LogP contribution in [0.1, 0.15) is 13.8 Å². The molecule has 1 atom stereocenters. The molecule has 1 aromatic carbocycles. The molecule has 0 amide bonds. The molecule has 0 aliphatic rings. The van der Waals surface area contributed by atoms with E-state index in [-0.39, 0.29) is 0 Å². The Labute approximate surface area is 86.7 Å². The lowest BCUT2D eigenvalue weighted by Crippen LogP contribution is -2.41. The van der Waals surface area contributed by atoms with Gasteiger partial charge in [0.25, 0.3) is 0 Å². The maximum atomic E-state index is 5.77. The second-order valence-corrected chi connectivity index (χ2v) is 3.99. The maximum Gasteiger partial charge on any atom is 0.0431 e. The van der Waals surface area contributed by atoms with Gasteiger partial charge in [-0.3, -0.25) is 0 Å². The van der Waals surface area contributed by atoms with Crippen LogP contribution in [0.5, 0.6) is 0 Å². The molecular formula is C12H20N2. The Bertz CT molecular complexity index is 256. The highest BCUT2D eigenvalue weighted by atomic mass is 15.1. The third-order valence-electron chi connectivity index (χ3n) is 2.67. The first kappa shape index (κ1) is 11.1. The quantitative estimate of drug-likeness (QED) is 0.791. The fourth-order valence-electron chi connectivity index (χ4n) is 1.73. The Balaban J connectivity index is 2.78. The van der Waals surface area contributed by atoms with Crippen molar-refractivity contribution in [3.63, 3.8) is 0 Å². The van der Waals surface area contributed by atoms with Gasteiger partial charge in [0.2, 0.25) is 0 Å². The van der Waals surface area contributed by atoms with Crippen LogP contribution < -0.4 is 10.6 Å². The molecule has 0 aromatic heterocycles. The Morgan fingerprint density at radius 2 is 1.79 bits per heavy atom. The van der Waals surface area contributed by atoms with Gasteiger partial charge in [0.1, 0.15) is 0 Å². The van der Waals surface area contributed by atoms with Gasteiger partial charge in [-0.2, -0.15) is 0 Å². The zero-order valence-corrected chi connectivity index (χ0v) is 9.27. The molecule has 78 valence electrons. The van der Waals surface area contributed by atoms with Gasteiger partial charge in [0.15, 0.2) is 0 Å². The molecule has 0 aliphatic heterocycles. The van der Waals surface area contributed by atoms with Crippen molar-refractivity contribution in [3.8, 4) is 0 Å². The van der Waals surface area contributed by atoms with Gasteiger partial charge in [0, 0.05) is 25.3 Å². The molecule has 2 nitrogen and oxygen atoms in total. The van der Waals surface area contributed by atoms with Crippen molar-refractivity contribution < 1.29 is 0 Å². The van der Waals surface area contributed by atoms with Crippen molar-refractivity contribution in [2.45, 2.75) is 19.9 Å². The van der Waals surface area contributed by atoms with Crippen LogP contribution >= 0.6 is 0 Å². The highest BCUT2D eigenvalue weighted by Crippen LogP contribution is 2.17. The lowest BCUT2D eigenvalue weighted by atomic mass is 10.0. The molecule has 2 N–H and O–H groups in total. The van der Waals surface area contributed by atoms with E-state index in [9.17, 15) is 0 Å². The van der Waals surface area contributed by atoms with E-state index in [2.05, 4.69) is 50.1 Å². The smallest absolute Gasteiger partial charge is 0.0431 e. The van der Waals surface area contributed by atoms with Gasteiger partial charge < -0.3 is 10.6 Å². The van der Waals surface area contributed by atoms with Crippen molar-refractivity contribution in [3.05, 3.63) is 30.3 Å². The minimum Gasteiger partial charge on any atom is -0.370 e. The average molecular weight is 192 g/mol. The topological polar surface area (TPSA) is 29.3 Å². The summed E-state index contributed by atoms with van der Waals surface area (Å²) in [5.41, 5.74) is 7.00. The molecule has 1 unspecified atom stereocenters. The van der Waals surface area contributed by atoms with Crippen LogP contribution in [-0.2, 0) is 0 Å². The summed E-state index contributed by atoms with van der Waals surface area (Å²) in [6.07, 6.45) is 0. The summed E-state index contributed by atoms with van der Waals surface area (Å²) in [4.78, 5) is 2.25. The number of hydrogen-bond acceptors (Lipinski definition) is 2. The van der Waals surface area contributed by atoms with E-state index in [4.69, 9.17) is 5.73 Å². The van der Waals surface area contributed by atoms with E-state index in [1.54, 1.807) is 0 Å². The van der Waals surface area contributed by atoms with Crippen LogP contribution in [0.2, 0.25) is 0 Å². The zero-order chi connectivity index (χ0) is 10.6. The van der Waals surface area contributed by atoms with E-state index in [1.165, 1.54) is 5.69 Å². The van der Waals surface area contributed by atoms with Crippen molar-refractivity contribution in [1.82, 2.24) is 0 Å². The summed E-state index contributed by atoms with van der Waals surface area (Å²) in [5.74, 6) is 0.574. The Morgan fingerprint density at radius 3 is 2.21 bits per heavy atom. The minimum absolute atomic E-state index is 0.414. The lowest BCUT2D eigenvalue weighted by molar-refractivity contribution is 0.480. The predicted molar refractivity (Wildman–Crippen MR) is 62.5 cm³/mol. The van der Waals surface area contributed by atoms with Crippen molar-refractivity contribution >= 4 is 5.69 Å². The summed E-state index contributed by atoms with van der Waals surface area (Å²) >= 11 is 0. The first-order valence-electron chi connectivity index (χ1n) is 5.14. The molecule has 0 fully saturated rings. The van der Waals surface area contributed by atoms with Gasteiger partial charge in [-0.05, 0) is 18.1 Å². The summed E-state index contributed by atoms with van der Waals surface area (Å²) in [6, 6.07) is 10.8. The third-order valence-corrected chi connectivity index (χ3v) is 2.67. The fraction of sp³-hybridized carbons (Fsp3) is 0.500. The van der Waals surface area contributed by atoms with Gasteiger partial charge in [-0.1, -0.05) is 32.0 Å². The fourth-order valence-corrected chi connectivity index (χ4v) is 1.73. The molecule has 0 spiro atoms. The largest absolute Gasteiger partial charge is 0.370 e. The molecule has 1 aromatic rings. The van der Waals surface area contributed by atoms with Gasteiger partial charge in [-0.15, -0.1) is 0 Å². The number of nitrogens with zero attached hydrogens (tertiary/aromatic N) is 1. The van der Waals surface area contributed by atoms with E-state index >= 15 is 0 Å². The van der Waals surface area contributed by atoms with E-state index in [1.807, 2.05) is 6.07 Å². The third kappa shape index (κ3) is 2.48. The highest BCUT2D eigenvalue weighted by molar-refractivity contribution is 5.46. The van der Waals surface area contributed by atoms with E-state index in [0.29, 0.717) is 18.5 Å². The van der Waals surface area contributed by atoms with Gasteiger partial charge in [0.05, 0.1) is 0 Å². The number of hydrogen-bond donors (Lipinski definition) is 1. The molecule has 0 saturated heterocycles. The van der Waals surface area contributed by atoms with Gasteiger partial charge in [-0.25, -0.2) is 0 Å². The average Bonchev–Trinajstić information content (AvgIpc) is 2.19. The standard InChI is InChI=1S/C12H20N2/c1-10(2)12(9-13)14(3)11-7-5-4-6-8-11/h4-8,10,12H,9,13H2,1-3H3. The molecule has 14 heavy (non-hydrogen) atoms. The molecular weight excluding hydrogens is 172 g/mol. The van der Waals surface area contributed by atoms with E-state index < -0.39 is 0 Å². The molecule has 2 heteroatoms. The minimum atomic E-state index is 0.414. The number of anilines is 1. The van der Waals surface area contributed by atoms with Crippen LogP contribution in [0.25, 0.3) is 0 Å². The zero-order valence-electron chi connectivity index (χ0n) is 9.27. The summed E-state index contributed by atoms with van der Waals surface area (Å²) < 4.78 is 0. The molecule has 0 radical (unpaired) electrons. The van der Waals surface area contributed by atoms with Crippen LogP contribution in [0.3, 0.4) is 0 Å². The summed E-state index contributed by atoms with van der Waals surface area (Å²) in [6.45, 7) is 5.11. The summed E-state index contributed by atoms with van der Waals surface area (Å²) in [7, 11) is 2.10.